The molecule has 8 heteroatoms. The van der Waals surface area contributed by atoms with Gasteiger partial charge in [-0.05, 0) is 45.2 Å². The third-order valence-corrected chi connectivity index (χ3v) is 4.68. The SMILES string of the molecule is NCc1ncc(OC(F)(F)F)c(I)c1I. The molecule has 3 nitrogen and oxygen atoms in total. The van der Waals surface area contributed by atoms with Crippen molar-refractivity contribution in [2.75, 3.05) is 0 Å². The van der Waals surface area contributed by atoms with Crippen molar-refractivity contribution < 1.29 is 17.9 Å². The highest BCUT2D eigenvalue weighted by Gasteiger charge is 2.32. The van der Waals surface area contributed by atoms with Crippen LogP contribution in [-0.2, 0) is 6.54 Å². The minimum absolute atomic E-state index is 0.181. The van der Waals surface area contributed by atoms with Crippen molar-refractivity contribution in [1.29, 1.82) is 0 Å². The normalized spacial score (nSPS) is 11.6. The van der Waals surface area contributed by atoms with Gasteiger partial charge in [-0.15, -0.1) is 13.2 Å². The smallest absolute Gasteiger partial charge is 0.403 e. The van der Waals surface area contributed by atoms with Crippen LogP contribution in [-0.4, -0.2) is 11.3 Å². The number of alkyl halides is 3. The van der Waals surface area contributed by atoms with E-state index in [1.165, 1.54) is 0 Å². The summed E-state index contributed by atoms with van der Waals surface area (Å²) in [6.07, 6.45) is -3.67. The minimum Gasteiger partial charge on any atom is -0.403 e. The molecule has 0 aliphatic carbocycles. The van der Waals surface area contributed by atoms with Gasteiger partial charge >= 0.3 is 6.36 Å². The van der Waals surface area contributed by atoms with Gasteiger partial charge in [0.2, 0.25) is 0 Å². The molecule has 2 N–H and O–H groups in total. The Hall–Kier alpha value is 0.160. The first-order valence-corrected chi connectivity index (χ1v) is 5.79. The summed E-state index contributed by atoms with van der Waals surface area (Å²) in [4.78, 5) is 3.78. The zero-order chi connectivity index (χ0) is 11.6. The van der Waals surface area contributed by atoms with Gasteiger partial charge in [0.1, 0.15) is 0 Å². The number of nitrogens with zero attached hydrogens (tertiary/aromatic N) is 1. The Morgan fingerprint density at radius 2 is 1.93 bits per heavy atom. The number of hydrogen-bond donors (Lipinski definition) is 1. The molecule has 0 aromatic carbocycles. The van der Waals surface area contributed by atoms with Crippen molar-refractivity contribution >= 4 is 45.2 Å². The van der Waals surface area contributed by atoms with E-state index in [9.17, 15) is 13.2 Å². The Morgan fingerprint density at radius 1 is 1.33 bits per heavy atom. The Bertz CT molecular complexity index is 370. The number of halogens is 5. The van der Waals surface area contributed by atoms with Crippen LogP contribution in [0.3, 0.4) is 0 Å². The topological polar surface area (TPSA) is 48.1 Å². The van der Waals surface area contributed by atoms with E-state index in [-0.39, 0.29) is 12.3 Å². The summed E-state index contributed by atoms with van der Waals surface area (Å²) in [5.41, 5.74) is 5.91. The zero-order valence-corrected chi connectivity index (χ0v) is 11.4. The first-order chi connectivity index (χ1) is 6.85. The lowest BCUT2D eigenvalue weighted by molar-refractivity contribution is -0.275. The first kappa shape index (κ1) is 13.2. The van der Waals surface area contributed by atoms with Gasteiger partial charge in [0.15, 0.2) is 5.75 Å². The van der Waals surface area contributed by atoms with E-state index in [1.807, 2.05) is 22.6 Å². The third-order valence-electron chi connectivity index (χ3n) is 1.42. The molecular weight excluding hydrogens is 439 g/mol. The van der Waals surface area contributed by atoms with E-state index in [0.717, 1.165) is 6.20 Å². The summed E-state index contributed by atoms with van der Waals surface area (Å²) in [5.74, 6) is -0.301. The molecule has 0 aliphatic rings. The lowest BCUT2D eigenvalue weighted by Gasteiger charge is -2.12. The van der Waals surface area contributed by atoms with Crippen LogP contribution in [0.4, 0.5) is 13.2 Å². The van der Waals surface area contributed by atoms with E-state index in [0.29, 0.717) is 12.8 Å². The maximum absolute atomic E-state index is 12.0. The molecule has 1 heterocycles. The van der Waals surface area contributed by atoms with E-state index in [2.05, 4.69) is 9.72 Å². The van der Waals surface area contributed by atoms with E-state index < -0.39 is 6.36 Å². The van der Waals surface area contributed by atoms with Crippen LogP contribution in [0.25, 0.3) is 0 Å². The molecule has 0 amide bonds. The summed E-state index contributed by atoms with van der Waals surface area (Å²) >= 11 is 3.65. The number of rotatable bonds is 2. The Morgan fingerprint density at radius 3 is 2.40 bits per heavy atom. The van der Waals surface area contributed by atoms with Crippen LogP contribution in [0, 0.1) is 7.14 Å². The predicted molar refractivity (Wildman–Crippen MR) is 64.2 cm³/mol. The molecule has 1 aromatic heterocycles. The standard InChI is InChI=1S/C7H5F3I2N2O/c8-7(9,10)15-4-2-14-3(1-13)5(11)6(4)12/h2H,1,13H2. The molecule has 0 atom stereocenters. The highest BCUT2D eigenvalue weighted by molar-refractivity contribution is 14.1. The van der Waals surface area contributed by atoms with Crippen molar-refractivity contribution in [2.24, 2.45) is 5.73 Å². The van der Waals surface area contributed by atoms with Crippen molar-refractivity contribution in [2.45, 2.75) is 12.9 Å². The fourth-order valence-corrected chi connectivity index (χ4v) is 2.01. The van der Waals surface area contributed by atoms with E-state index >= 15 is 0 Å². The second kappa shape index (κ2) is 4.99. The molecule has 0 radical (unpaired) electrons. The van der Waals surface area contributed by atoms with E-state index in [1.54, 1.807) is 22.6 Å². The van der Waals surface area contributed by atoms with Crippen LogP contribution in [0.1, 0.15) is 5.69 Å². The average Bonchev–Trinajstić information content (AvgIpc) is 2.11. The number of ether oxygens (including phenoxy) is 1. The molecule has 84 valence electrons. The monoisotopic (exact) mass is 444 g/mol. The van der Waals surface area contributed by atoms with E-state index in [4.69, 9.17) is 5.73 Å². The predicted octanol–water partition coefficient (Wildman–Crippen LogP) is 2.65. The molecule has 15 heavy (non-hydrogen) atoms. The van der Waals surface area contributed by atoms with Crippen molar-refractivity contribution in [3.8, 4) is 5.75 Å². The van der Waals surface area contributed by atoms with Gasteiger partial charge in [-0.2, -0.15) is 0 Å². The van der Waals surface area contributed by atoms with Crippen LogP contribution >= 0.6 is 45.2 Å². The van der Waals surface area contributed by atoms with Crippen LogP contribution in [0.5, 0.6) is 5.75 Å². The summed E-state index contributed by atoms with van der Waals surface area (Å²) in [6.45, 7) is 0.181. The molecule has 0 bridgehead atoms. The molecule has 1 rings (SSSR count). The minimum atomic E-state index is -4.70. The van der Waals surface area contributed by atoms with Gasteiger partial charge in [-0.25, -0.2) is 0 Å². The fraction of sp³-hybridized carbons (Fsp3) is 0.286. The maximum Gasteiger partial charge on any atom is 0.573 e. The molecule has 0 spiro atoms. The van der Waals surface area contributed by atoms with Gasteiger partial charge in [0.25, 0.3) is 0 Å². The third kappa shape index (κ3) is 3.59. The summed E-state index contributed by atoms with van der Waals surface area (Å²) in [7, 11) is 0. The van der Waals surface area contributed by atoms with Crippen LogP contribution < -0.4 is 10.5 Å². The molecular formula is C7H5F3I2N2O. The maximum atomic E-state index is 12.0. The summed E-state index contributed by atoms with van der Waals surface area (Å²) in [6, 6.07) is 0. The molecule has 0 unspecified atom stereocenters. The number of nitrogens with two attached hydrogens (primary N) is 1. The summed E-state index contributed by atoms with van der Waals surface area (Å²) < 4.78 is 40.6. The Kier molecular flexibility index (Phi) is 4.40. The molecule has 0 aliphatic heterocycles. The van der Waals surface area contributed by atoms with Gasteiger partial charge < -0.3 is 10.5 Å². The Labute approximate surface area is 111 Å². The summed E-state index contributed by atoms with van der Waals surface area (Å²) in [5, 5.41) is 0. The van der Waals surface area contributed by atoms with Crippen LogP contribution in [0.15, 0.2) is 6.20 Å². The first-order valence-electron chi connectivity index (χ1n) is 3.64. The lowest BCUT2D eigenvalue weighted by Crippen LogP contribution is -2.18. The number of pyridine rings is 1. The molecule has 1 aromatic rings. The second-order valence-corrected chi connectivity index (χ2v) is 4.61. The van der Waals surface area contributed by atoms with Gasteiger partial charge in [-0.1, -0.05) is 0 Å². The lowest BCUT2D eigenvalue weighted by atomic mass is 10.3. The fourth-order valence-electron chi connectivity index (χ4n) is 0.823. The van der Waals surface area contributed by atoms with Gasteiger partial charge in [0, 0.05) is 6.54 Å². The molecule has 0 saturated carbocycles. The highest BCUT2D eigenvalue weighted by Crippen LogP contribution is 2.30. The molecule has 0 fully saturated rings. The van der Waals surface area contributed by atoms with Crippen molar-refractivity contribution in [3.05, 3.63) is 19.0 Å². The van der Waals surface area contributed by atoms with Crippen LogP contribution in [0.2, 0.25) is 0 Å². The zero-order valence-electron chi connectivity index (χ0n) is 7.11. The largest absolute Gasteiger partial charge is 0.573 e. The van der Waals surface area contributed by atoms with Crippen molar-refractivity contribution in [3.63, 3.8) is 0 Å². The number of hydrogen-bond acceptors (Lipinski definition) is 3. The quantitative estimate of drug-likeness (QED) is 0.715. The van der Waals surface area contributed by atoms with Gasteiger partial charge in [0.05, 0.1) is 19.0 Å². The second-order valence-electron chi connectivity index (χ2n) is 2.45. The Balaban J connectivity index is 3.07. The average molecular weight is 444 g/mol. The number of aromatic nitrogens is 1. The van der Waals surface area contributed by atoms with Gasteiger partial charge in [-0.3, -0.25) is 4.98 Å². The van der Waals surface area contributed by atoms with Crippen molar-refractivity contribution in [1.82, 2.24) is 4.98 Å². The highest BCUT2D eigenvalue weighted by atomic mass is 127. The molecule has 0 saturated heterocycles.